The van der Waals surface area contributed by atoms with Gasteiger partial charge in [-0.15, -0.1) is 0 Å². The highest BCUT2D eigenvalue weighted by atomic mass is 35.5. The number of nitrogens with zero attached hydrogens (tertiary/aromatic N) is 2. The van der Waals surface area contributed by atoms with Crippen LogP contribution in [0.15, 0.2) is 108 Å². The SMILES string of the molecule is CCNC(=O)[C@H](Cc1ccccc1)N(Cc1ccccc1C)C(=O)CN(c1ccc(Cl)c(C(F)(F)F)c1)S(=O)(=O)c1ccccc1. The largest absolute Gasteiger partial charge is 0.417 e. The number of nitrogens with one attached hydrogen (secondary N) is 1. The highest BCUT2D eigenvalue weighted by Gasteiger charge is 2.37. The van der Waals surface area contributed by atoms with Crippen molar-refractivity contribution in [2.75, 3.05) is 17.4 Å². The third-order valence-electron chi connectivity index (χ3n) is 7.38. The molecule has 242 valence electrons. The van der Waals surface area contributed by atoms with Gasteiger partial charge in [0.15, 0.2) is 0 Å². The summed E-state index contributed by atoms with van der Waals surface area (Å²) in [6, 6.07) is 24.9. The fourth-order valence-corrected chi connectivity index (χ4v) is 6.60. The molecule has 0 bridgehead atoms. The van der Waals surface area contributed by atoms with Crippen LogP contribution in [0.5, 0.6) is 0 Å². The molecule has 0 saturated heterocycles. The van der Waals surface area contributed by atoms with Crippen molar-refractivity contribution in [1.29, 1.82) is 0 Å². The first-order chi connectivity index (χ1) is 21.8. The number of likely N-dealkylation sites (N-methyl/N-ethyl adjacent to an activating group) is 1. The number of carbonyl (C=O) groups is 2. The molecule has 0 aliphatic carbocycles. The van der Waals surface area contributed by atoms with Crippen molar-refractivity contribution in [2.24, 2.45) is 0 Å². The summed E-state index contributed by atoms with van der Waals surface area (Å²) < 4.78 is 70.3. The number of sulfonamides is 1. The second-order valence-corrected chi connectivity index (χ2v) is 12.8. The molecule has 0 saturated carbocycles. The predicted molar refractivity (Wildman–Crippen MR) is 172 cm³/mol. The zero-order valence-corrected chi connectivity index (χ0v) is 26.7. The highest BCUT2D eigenvalue weighted by Crippen LogP contribution is 2.38. The lowest BCUT2D eigenvalue weighted by Crippen LogP contribution is -2.53. The fraction of sp³-hybridized carbons (Fsp3) is 0.235. The van der Waals surface area contributed by atoms with Gasteiger partial charge in [-0.1, -0.05) is 84.4 Å². The lowest BCUT2D eigenvalue weighted by molar-refractivity contribution is -0.140. The molecule has 0 radical (unpaired) electrons. The molecule has 4 aromatic carbocycles. The van der Waals surface area contributed by atoms with Gasteiger partial charge in [-0.25, -0.2) is 8.42 Å². The van der Waals surface area contributed by atoms with Gasteiger partial charge in [-0.2, -0.15) is 13.2 Å². The Kier molecular flexibility index (Phi) is 11.1. The van der Waals surface area contributed by atoms with Gasteiger partial charge >= 0.3 is 6.18 Å². The topological polar surface area (TPSA) is 86.8 Å². The van der Waals surface area contributed by atoms with E-state index < -0.39 is 56.9 Å². The number of amides is 2. The van der Waals surface area contributed by atoms with Gasteiger partial charge in [0.2, 0.25) is 11.8 Å². The summed E-state index contributed by atoms with van der Waals surface area (Å²) >= 11 is 5.85. The molecule has 46 heavy (non-hydrogen) atoms. The van der Waals surface area contributed by atoms with Gasteiger partial charge in [-0.05, 0) is 60.9 Å². The van der Waals surface area contributed by atoms with Gasteiger partial charge < -0.3 is 10.2 Å². The normalized spacial score (nSPS) is 12.3. The third kappa shape index (κ3) is 8.27. The van der Waals surface area contributed by atoms with Crippen LogP contribution in [0.4, 0.5) is 18.9 Å². The molecular formula is C34H33ClF3N3O4S. The number of anilines is 1. The van der Waals surface area contributed by atoms with Gasteiger partial charge in [0.25, 0.3) is 10.0 Å². The van der Waals surface area contributed by atoms with E-state index in [1.807, 2.05) is 25.1 Å². The van der Waals surface area contributed by atoms with Crippen LogP contribution in [0.3, 0.4) is 0 Å². The molecule has 0 fully saturated rings. The number of benzene rings is 4. The maximum absolute atomic E-state index is 14.4. The van der Waals surface area contributed by atoms with Crippen molar-refractivity contribution in [3.63, 3.8) is 0 Å². The van der Waals surface area contributed by atoms with Crippen molar-refractivity contribution >= 4 is 39.1 Å². The Morgan fingerprint density at radius 2 is 1.50 bits per heavy atom. The number of rotatable bonds is 12. The molecule has 0 aliphatic rings. The van der Waals surface area contributed by atoms with Crippen LogP contribution in [0, 0.1) is 6.92 Å². The minimum atomic E-state index is -4.89. The minimum Gasteiger partial charge on any atom is -0.355 e. The Bertz CT molecular complexity index is 1770. The molecule has 0 spiro atoms. The lowest BCUT2D eigenvalue weighted by Gasteiger charge is -2.34. The molecule has 4 rings (SSSR count). The van der Waals surface area contributed by atoms with E-state index in [1.54, 1.807) is 49.4 Å². The molecule has 0 heterocycles. The van der Waals surface area contributed by atoms with E-state index in [4.69, 9.17) is 11.6 Å². The van der Waals surface area contributed by atoms with E-state index in [-0.39, 0.29) is 24.4 Å². The summed E-state index contributed by atoms with van der Waals surface area (Å²) in [5.74, 6) is -1.25. The van der Waals surface area contributed by atoms with E-state index in [0.29, 0.717) is 15.9 Å². The van der Waals surface area contributed by atoms with Crippen molar-refractivity contribution in [1.82, 2.24) is 10.2 Å². The first kappa shape index (κ1) is 34.5. The van der Waals surface area contributed by atoms with Crippen molar-refractivity contribution in [3.8, 4) is 0 Å². The van der Waals surface area contributed by atoms with E-state index in [2.05, 4.69) is 5.32 Å². The van der Waals surface area contributed by atoms with E-state index in [1.165, 1.54) is 29.2 Å². The molecule has 0 unspecified atom stereocenters. The van der Waals surface area contributed by atoms with Gasteiger partial charge in [-0.3, -0.25) is 13.9 Å². The van der Waals surface area contributed by atoms with Crippen LogP contribution < -0.4 is 9.62 Å². The number of carbonyl (C=O) groups excluding carboxylic acids is 2. The van der Waals surface area contributed by atoms with Gasteiger partial charge in [0, 0.05) is 19.5 Å². The Labute approximate surface area is 271 Å². The molecule has 2 amide bonds. The number of halogens is 4. The average Bonchev–Trinajstić information content (AvgIpc) is 3.03. The molecular weight excluding hydrogens is 639 g/mol. The predicted octanol–water partition coefficient (Wildman–Crippen LogP) is 6.64. The Balaban J connectivity index is 1.86. The molecule has 12 heteroatoms. The van der Waals surface area contributed by atoms with Crippen LogP contribution in [0.25, 0.3) is 0 Å². The monoisotopic (exact) mass is 671 g/mol. The number of hydrogen-bond donors (Lipinski definition) is 1. The van der Waals surface area contributed by atoms with E-state index in [9.17, 15) is 31.2 Å². The summed E-state index contributed by atoms with van der Waals surface area (Å²) in [4.78, 5) is 29.0. The molecule has 7 nitrogen and oxygen atoms in total. The molecule has 1 atom stereocenters. The zero-order chi connectivity index (χ0) is 33.5. The molecule has 0 aromatic heterocycles. The maximum atomic E-state index is 14.4. The number of aryl methyl sites for hydroxylation is 1. The Hall–Kier alpha value is -4.35. The molecule has 1 N–H and O–H groups in total. The van der Waals surface area contributed by atoms with Crippen molar-refractivity contribution < 1.29 is 31.2 Å². The third-order valence-corrected chi connectivity index (χ3v) is 9.50. The van der Waals surface area contributed by atoms with E-state index in [0.717, 1.165) is 23.3 Å². The van der Waals surface area contributed by atoms with Crippen LogP contribution >= 0.6 is 11.6 Å². The van der Waals surface area contributed by atoms with Crippen LogP contribution in [0.1, 0.15) is 29.2 Å². The quantitative estimate of drug-likeness (QED) is 0.183. The first-order valence-corrected chi connectivity index (χ1v) is 16.2. The zero-order valence-electron chi connectivity index (χ0n) is 25.2. The fourth-order valence-electron chi connectivity index (χ4n) is 4.95. The van der Waals surface area contributed by atoms with Gasteiger partial charge in [0.1, 0.15) is 12.6 Å². The van der Waals surface area contributed by atoms with Crippen molar-refractivity contribution in [2.45, 2.75) is 43.9 Å². The summed E-state index contributed by atoms with van der Waals surface area (Å²) in [7, 11) is -4.58. The van der Waals surface area contributed by atoms with Gasteiger partial charge in [0.05, 0.1) is 21.2 Å². The van der Waals surface area contributed by atoms with Crippen LogP contribution in [-0.4, -0.2) is 44.3 Å². The smallest absolute Gasteiger partial charge is 0.355 e. The van der Waals surface area contributed by atoms with Crippen LogP contribution in [0.2, 0.25) is 5.02 Å². The van der Waals surface area contributed by atoms with Crippen LogP contribution in [-0.2, 0) is 38.8 Å². The lowest BCUT2D eigenvalue weighted by atomic mass is 10.0. The average molecular weight is 672 g/mol. The molecule has 0 aliphatic heterocycles. The Morgan fingerprint density at radius 3 is 2.11 bits per heavy atom. The Morgan fingerprint density at radius 1 is 0.891 bits per heavy atom. The summed E-state index contributed by atoms with van der Waals surface area (Å²) in [6.45, 7) is 2.89. The summed E-state index contributed by atoms with van der Waals surface area (Å²) in [5, 5.41) is 2.14. The minimum absolute atomic E-state index is 0.0617. The first-order valence-electron chi connectivity index (χ1n) is 14.4. The molecule has 4 aromatic rings. The second kappa shape index (κ2) is 14.8. The highest BCUT2D eigenvalue weighted by molar-refractivity contribution is 7.92. The standard InChI is InChI=1S/C34H33ClF3N3O4S/c1-3-39-33(43)31(20-25-13-6-4-7-14-25)40(22-26-15-11-10-12-24(26)2)32(42)23-41(46(44,45)28-16-8-5-9-17-28)27-18-19-30(35)29(21-27)34(36,37)38/h4-19,21,31H,3,20,22-23H2,1-2H3,(H,39,43)/t31-/m0/s1. The maximum Gasteiger partial charge on any atom is 0.417 e. The summed E-state index contributed by atoms with van der Waals surface area (Å²) in [6.07, 6.45) is -4.79. The number of alkyl halides is 3. The number of hydrogen-bond acceptors (Lipinski definition) is 4. The van der Waals surface area contributed by atoms with Crippen molar-refractivity contribution in [3.05, 3.63) is 130 Å². The van der Waals surface area contributed by atoms with E-state index >= 15 is 0 Å². The summed E-state index contributed by atoms with van der Waals surface area (Å²) in [5.41, 5.74) is 0.621. The second-order valence-electron chi connectivity index (χ2n) is 10.5.